The summed E-state index contributed by atoms with van der Waals surface area (Å²) in [6.07, 6.45) is 2.49. The molecule has 0 saturated carbocycles. The molecule has 1 N–H and O–H groups in total. The number of benzene rings is 1. The van der Waals surface area contributed by atoms with E-state index in [0.29, 0.717) is 18.7 Å². The van der Waals surface area contributed by atoms with E-state index in [0.717, 1.165) is 16.5 Å². The molecule has 0 radical (unpaired) electrons. The minimum atomic E-state index is -0.246. The van der Waals surface area contributed by atoms with E-state index < -0.39 is 0 Å². The van der Waals surface area contributed by atoms with E-state index in [-0.39, 0.29) is 11.7 Å². The standard InChI is InChI=1S/C16H15N3O2/c1-11-10-14(21-19-11)16(20)18-9-7-13-5-2-4-12-6-3-8-17-15(12)13/h2-6,8,10H,7,9H2,1H3,(H,18,20). The van der Waals surface area contributed by atoms with Gasteiger partial charge in [-0.05, 0) is 25.0 Å². The third kappa shape index (κ3) is 2.91. The lowest BCUT2D eigenvalue weighted by atomic mass is 10.1. The van der Waals surface area contributed by atoms with Crippen LogP contribution in [0.15, 0.2) is 47.1 Å². The maximum absolute atomic E-state index is 11.9. The summed E-state index contributed by atoms with van der Waals surface area (Å²) in [6.45, 7) is 2.30. The van der Waals surface area contributed by atoms with Crippen LogP contribution in [0.25, 0.3) is 10.9 Å². The Labute approximate surface area is 122 Å². The molecule has 0 saturated heterocycles. The van der Waals surface area contributed by atoms with Crippen LogP contribution in [-0.2, 0) is 6.42 Å². The summed E-state index contributed by atoms with van der Waals surface area (Å²) in [5.74, 6) is -0.00709. The molecule has 0 aliphatic carbocycles. The summed E-state index contributed by atoms with van der Waals surface area (Å²) in [7, 11) is 0. The minimum Gasteiger partial charge on any atom is -0.351 e. The number of carbonyl (C=O) groups excluding carboxylic acids is 1. The molecule has 5 heteroatoms. The van der Waals surface area contributed by atoms with E-state index in [1.54, 1.807) is 19.2 Å². The van der Waals surface area contributed by atoms with Gasteiger partial charge in [-0.15, -0.1) is 0 Å². The highest BCUT2D eigenvalue weighted by Gasteiger charge is 2.11. The van der Waals surface area contributed by atoms with Crippen molar-refractivity contribution in [1.82, 2.24) is 15.5 Å². The van der Waals surface area contributed by atoms with Crippen LogP contribution in [0.4, 0.5) is 0 Å². The first-order valence-corrected chi connectivity index (χ1v) is 6.78. The van der Waals surface area contributed by atoms with E-state index >= 15 is 0 Å². The minimum absolute atomic E-state index is 0.239. The Bertz CT molecular complexity index is 775. The van der Waals surface area contributed by atoms with Crippen LogP contribution >= 0.6 is 0 Å². The average molecular weight is 281 g/mol. The maximum Gasteiger partial charge on any atom is 0.289 e. The van der Waals surface area contributed by atoms with Crippen LogP contribution in [0.2, 0.25) is 0 Å². The quantitative estimate of drug-likeness (QED) is 0.797. The molecule has 5 nitrogen and oxygen atoms in total. The number of para-hydroxylation sites is 1. The number of carbonyl (C=O) groups is 1. The van der Waals surface area contributed by atoms with Gasteiger partial charge in [0.25, 0.3) is 5.91 Å². The average Bonchev–Trinajstić information content (AvgIpc) is 2.94. The zero-order valence-corrected chi connectivity index (χ0v) is 11.7. The number of aromatic nitrogens is 2. The second kappa shape index (κ2) is 5.75. The van der Waals surface area contributed by atoms with Crippen molar-refractivity contribution in [2.24, 2.45) is 0 Å². The van der Waals surface area contributed by atoms with Gasteiger partial charge in [0.15, 0.2) is 0 Å². The first-order valence-electron chi connectivity index (χ1n) is 6.78. The Kier molecular flexibility index (Phi) is 3.64. The molecule has 0 fully saturated rings. The Morgan fingerprint density at radius 2 is 2.14 bits per heavy atom. The van der Waals surface area contributed by atoms with Gasteiger partial charge in [0.05, 0.1) is 11.2 Å². The fourth-order valence-electron chi connectivity index (χ4n) is 2.24. The third-order valence-electron chi connectivity index (χ3n) is 3.25. The highest BCUT2D eigenvalue weighted by atomic mass is 16.5. The van der Waals surface area contributed by atoms with Gasteiger partial charge in [0.2, 0.25) is 5.76 Å². The number of aryl methyl sites for hydroxylation is 1. The summed E-state index contributed by atoms with van der Waals surface area (Å²) < 4.78 is 4.92. The lowest BCUT2D eigenvalue weighted by Crippen LogP contribution is -2.25. The molecule has 3 rings (SSSR count). The number of amides is 1. The van der Waals surface area contributed by atoms with E-state index in [1.807, 2.05) is 30.3 Å². The highest BCUT2D eigenvalue weighted by Crippen LogP contribution is 2.16. The molecule has 106 valence electrons. The first kappa shape index (κ1) is 13.3. The molecular formula is C16H15N3O2. The summed E-state index contributed by atoms with van der Waals surface area (Å²) in [5.41, 5.74) is 2.78. The predicted molar refractivity (Wildman–Crippen MR) is 79.0 cm³/mol. The number of rotatable bonds is 4. The molecule has 1 aromatic carbocycles. The lowest BCUT2D eigenvalue weighted by Gasteiger charge is -2.06. The van der Waals surface area contributed by atoms with Crippen LogP contribution in [-0.4, -0.2) is 22.6 Å². The van der Waals surface area contributed by atoms with E-state index in [1.165, 1.54) is 0 Å². The van der Waals surface area contributed by atoms with Gasteiger partial charge in [-0.25, -0.2) is 0 Å². The number of nitrogens with one attached hydrogen (secondary N) is 1. The summed E-state index contributed by atoms with van der Waals surface area (Å²) in [4.78, 5) is 16.3. The largest absolute Gasteiger partial charge is 0.351 e. The molecule has 0 unspecified atom stereocenters. The molecule has 2 aromatic heterocycles. The number of nitrogens with zero attached hydrogens (tertiary/aromatic N) is 2. The van der Waals surface area contributed by atoms with Gasteiger partial charge >= 0.3 is 0 Å². The molecule has 0 bridgehead atoms. The molecule has 0 atom stereocenters. The topological polar surface area (TPSA) is 68.0 Å². The van der Waals surface area contributed by atoms with Crippen LogP contribution in [0.3, 0.4) is 0 Å². The Morgan fingerprint density at radius 3 is 2.95 bits per heavy atom. The maximum atomic E-state index is 11.9. The lowest BCUT2D eigenvalue weighted by molar-refractivity contribution is 0.0917. The molecule has 2 heterocycles. The Hall–Kier alpha value is -2.69. The smallest absolute Gasteiger partial charge is 0.289 e. The number of hydrogen-bond donors (Lipinski definition) is 1. The van der Waals surface area contributed by atoms with Gasteiger partial charge in [-0.3, -0.25) is 9.78 Å². The van der Waals surface area contributed by atoms with Gasteiger partial charge in [0, 0.05) is 24.2 Å². The zero-order valence-electron chi connectivity index (χ0n) is 11.7. The van der Waals surface area contributed by atoms with Crippen molar-refractivity contribution < 1.29 is 9.32 Å². The van der Waals surface area contributed by atoms with E-state index in [9.17, 15) is 4.79 Å². The Balaban J connectivity index is 1.66. The first-order chi connectivity index (χ1) is 10.2. The number of pyridine rings is 1. The molecule has 21 heavy (non-hydrogen) atoms. The van der Waals surface area contributed by atoms with Gasteiger partial charge in [-0.2, -0.15) is 0 Å². The molecule has 1 amide bonds. The van der Waals surface area contributed by atoms with Gasteiger partial charge in [0.1, 0.15) is 0 Å². The fourth-order valence-corrected chi connectivity index (χ4v) is 2.24. The van der Waals surface area contributed by atoms with Crippen molar-refractivity contribution in [1.29, 1.82) is 0 Å². The van der Waals surface area contributed by atoms with Crippen molar-refractivity contribution in [2.75, 3.05) is 6.54 Å². The fraction of sp³-hybridized carbons (Fsp3) is 0.188. The third-order valence-corrected chi connectivity index (χ3v) is 3.25. The molecule has 3 aromatic rings. The van der Waals surface area contributed by atoms with Crippen molar-refractivity contribution in [3.8, 4) is 0 Å². The van der Waals surface area contributed by atoms with Crippen molar-refractivity contribution >= 4 is 16.8 Å². The monoisotopic (exact) mass is 281 g/mol. The van der Waals surface area contributed by atoms with Crippen LogP contribution in [0, 0.1) is 6.92 Å². The highest BCUT2D eigenvalue weighted by molar-refractivity contribution is 5.91. The summed E-state index contributed by atoms with van der Waals surface area (Å²) >= 11 is 0. The molecule has 0 aliphatic heterocycles. The molecule has 0 aliphatic rings. The van der Waals surface area contributed by atoms with Gasteiger partial charge < -0.3 is 9.84 Å². The van der Waals surface area contributed by atoms with Crippen molar-refractivity contribution in [3.05, 3.63) is 59.6 Å². The molecule has 0 spiro atoms. The Morgan fingerprint density at radius 1 is 1.29 bits per heavy atom. The van der Waals surface area contributed by atoms with Crippen LogP contribution < -0.4 is 5.32 Å². The number of hydrogen-bond acceptors (Lipinski definition) is 4. The SMILES string of the molecule is Cc1cc(C(=O)NCCc2cccc3cccnc23)on1. The predicted octanol–water partition coefficient (Wildman–Crippen LogP) is 2.50. The summed E-state index contributed by atoms with van der Waals surface area (Å²) in [5, 5.41) is 7.63. The molecular weight excluding hydrogens is 266 g/mol. The van der Waals surface area contributed by atoms with E-state index in [4.69, 9.17) is 4.52 Å². The van der Waals surface area contributed by atoms with Gasteiger partial charge in [-0.1, -0.05) is 29.4 Å². The number of fused-ring (bicyclic) bond motifs is 1. The zero-order chi connectivity index (χ0) is 14.7. The summed E-state index contributed by atoms with van der Waals surface area (Å²) in [6, 6.07) is 11.6. The van der Waals surface area contributed by atoms with E-state index in [2.05, 4.69) is 15.5 Å². The normalized spacial score (nSPS) is 10.7. The van der Waals surface area contributed by atoms with Crippen LogP contribution in [0.1, 0.15) is 21.8 Å². The van der Waals surface area contributed by atoms with Crippen molar-refractivity contribution in [3.63, 3.8) is 0 Å². The van der Waals surface area contributed by atoms with Crippen LogP contribution in [0.5, 0.6) is 0 Å². The van der Waals surface area contributed by atoms with Crippen molar-refractivity contribution in [2.45, 2.75) is 13.3 Å². The second-order valence-corrected chi connectivity index (χ2v) is 4.83. The second-order valence-electron chi connectivity index (χ2n) is 4.83.